The van der Waals surface area contributed by atoms with Crippen molar-refractivity contribution < 1.29 is 4.79 Å². The Hall–Kier alpha value is -1.39. The second kappa shape index (κ2) is 6.62. The van der Waals surface area contributed by atoms with Gasteiger partial charge in [-0.25, -0.2) is 5.01 Å². The molecule has 4 heteroatoms. The predicted molar refractivity (Wildman–Crippen MR) is 95.0 cm³/mol. The summed E-state index contributed by atoms with van der Waals surface area (Å²) in [6, 6.07) is 10.2. The Morgan fingerprint density at radius 3 is 2.09 bits per heavy atom. The largest absolute Gasteiger partial charge is 0.307 e. The molecule has 0 spiro atoms. The first-order chi connectivity index (χ1) is 10.6. The molecule has 0 unspecified atom stereocenters. The van der Waals surface area contributed by atoms with Crippen LogP contribution in [0.4, 0.5) is 0 Å². The number of amides is 1. The van der Waals surface area contributed by atoms with Crippen LogP contribution in [0.15, 0.2) is 30.3 Å². The van der Waals surface area contributed by atoms with Gasteiger partial charge in [-0.2, -0.15) is 0 Å². The number of hydrazine groups is 1. The van der Waals surface area contributed by atoms with E-state index in [4.69, 9.17) is 0 Å². The van der Waals surface area contributed by atoms with Crippen LogP contribution >= 0.6 is 0 Å². The minimum Gasteiger partial charge on any atom is -0.307 e. The molecule has 1 aromatic rings. The summed E-state index contributed by atoms with van der Waals surface area (Å²) in [6.07, 6.45) is 2.36. The lowest BCUT2D eigenvalue weighted by molar-refractivity contribution is -0.153. The zero-order chi connectivity index (χ0) is 17.3. The Morgan fingerprint density at radius 2 is 1.61 bits per heavy atom. The number of carbonyl (C=O) groups is 1. The monoisotopic (exact) mass is 317 g/mol. The summed E-state index contributed by atoms with van der Waals surface area (Å²) < 4.78 is 0. The smallest absolute Gasteiger partial charge is 0.241 e. The molecule has 0 atom stereocenters. The number of hydrogen-bond donors (Lipinski definition) is 1. The summed E-state index contributed by atoms with van der Waals surface area (Å²) in [7, 11) is 3.93. The van der Waals surface area contributed by atoms with Gasteiger partial charge in [0.05, 0.1) is 12.5 Å². The second-order valence-electron chi connectivity index (χ2n) is 8.20. The summed E-state index contributed by atoms with van der Waals surface area (Å²) in [4.78, 5) is 12.9. The highest BCUT2D eigenvalue weighted by atomic mass is 16.2. The highest BCUT2D eigenvalue weighted by Gasteiger charge is 2.41. The first kappa shape index (κ1) is 18.0. The van der Waals surface area contributed by atoms with Gasteiger partial charge in [0.2, 0.25) is 5.91 Å². The summed E-state index contributed by atoms with van der Waals surface area (Å²) >= 11 is 0. The van der Waals surface area contributed by atoms with Crippen molar-refractivity contribution >= 4 is 5.91 Å². The van der Waals surface area contributed by atoms with Crippen molar-refractivity contribution in [2.45, 2.75) is 64.1 Å². The highest BCUT2D eigenvalue weighted by Crippen LogP contribution is 2.32. The number of nitrogens with zero attached hydrogens (tertiary/aromatic N) is 2. The summed E-state index contributed by atoms with van der Waals surface area (Å²) in [5, 5.41) is 7.60. The molecule has 0 radical (unpaired) electrons. The lowest BCUT2D eigenvalue weighted by Gasteiger charge is -2.50. The van der Waals surface area contributed by atoms with Crippen LogP contribution in [0.2, 0.25) is 0 Å². The van der Waals surface area contributed by atoms with E-state index in [2.05, 4.69) is 33.0 Å². The molecule has 1 amide bonds. The van der Waals surface area contributed by atoms with Gasteiger partial charge in [0.15, 0.2) is 0 Å². The first-order valence-corrected chi connectivity index (χ1v) is 8.42. The van der Waals surface area contributed by atoms with E-state index in [0.29, 0.717) is 6.42 Å². The van der Waals surface area contributed by atoms with Crippen molar-refractivity contribution in [3.8, 4) is 0 Å². The van der Waals surface area contributed by atoms with E-state index in [9.17, 15) is 4.79 Å². The quantitative estimate of drug-likeness (QED) is 0.868. The maximum absolute atomic E-state index is 12.9. The van der Waals surface area contributed by atoms with Gasteiger partial charge in [0.25, 0.3) is 0 Å². The molecular formula is C19H31N3O. The number of carbonyl (C=O) groups excluding carboxylic acids is 1. The van der Waals surface area contributed by atoms with Crippen LogP contribution in [-0.2, 0) is 11.2 Å². The molecule has 1 saturated heterocycles. The second-order valence-corrected chi connectivity index (χ2v) is 8.20. The Balaban J connectivity index is 2.19. The van der Waals surface area contributed by atoms with Crippen LogP contribution in [0, 0.1) is 0 Å². The molecule has 0 aliphatic carbocycles. The molecule has 0 bridgehead atoms. The van der Waals surface area contributed by atoms with E-state index in [1.807, 2.05) is 54.4 Å². The molecule has 23 heavy (non-hydrogen) atoms. The topological polar surface area (TPSA) is 35.6 Å². The predicted octanol–water partition coefficient (Wildman–Crippen LogP) is 2.84. The van der Waals surface area contributed by atoms with Gasteiger partial charge >= 0.3 is 0 Å². The van der Waals surface area contributed by atoms with Gasteiger partial charge < -0.3 is 5.32 Å². The van der Waals surface area contributed by atoms with Crippen LogP contribution in [-0.4, -0.2) is 47.1 Å². The summed E-state index contributed by atoms with van der Waals surface area (Å²) in [5.74, 6) is 0.166. The normalized spacial score (nSPS) is 20.5. The van der Waals surface area contributed by atoms with E-state index in [0.717, 1.165) is 18.4 Å². The fraction of sp³-hybridized carbons (Fsp3) is 0.632. The Morgan fingerprint density at radius 1 is 1.09 bits per heavy atom. The fourth-order valence-electron chi connectivity index (χ4n) is 4.05. The number of nitrogens with one attached hydrogen (secondary N) is 1. The maximum Gasteiger partial charge on any atom is 0.241 e. The molecule has 1 heterocycles. The van der Waals surface area contributed by atoms with Gasteiger partial charge in [0, 0.05) is 25.2 Å². The van der Waals surface area contributed by atoms with Crippen LogP contribution in [0.1, 0.15) is 46.1 Å². The third-order valence-corrected chi connectivity index (χ3v) is 4.40. The molecule has 1 aliphatic heterocycles. The van der Waals surface area contributed by atoms with E-state index in [1.54, 1.807) is 0 Å². The highest BCUT2D eigenvalue weighted by molar-refractivity contribution is 5.78. The molecule has 128 valence electrons. The molecule has 1 N–H and O–H groups in total. The van der Waals surface area contributed by atoms with Crippen LogP contribution in [0.25, 0.3) is 0 Å². The Labute approximate surface area is 140 Å². The van der Waals surface area contributed by atoms with Crippen LogP contribution in [0.5, 0.6) is 0 Å². The van der Waals surface area contributed by atoms with E-state index < -0.39 is 0 Å². The molecule has 1 aromatic carbocycles. The van der Waals surface area contributed by atoms with Gasteiger partial charge in [-0.15, -0.1) is 0 Å². The minimum absolute atomic E-state index is 0.0215. The van der Waals surface area contributed by atoms with Gasteiger partial charge in [-0.1, -0.05) is 30.3 Å². The van der Waals surface area contributed by atoms with Crippen molar-refractivity contribution in [3.05, 3.63) is 35.9 Å². The molecule has 4 nitrogen and oxygen atoms in total. The number of rotatable bonds is 4. The lowest BCUT2D eigenvalue weighted by atomic mass is 9.79. The summed E-state index contributed by atoms with van der Waals surface area (Å²) in [6.45, 7) is 8.87. The Bertz CT molecular complexity index is 521. The van der Waals surface area contributed by atoms with Gasteiger partial charge in [0.1, 0.15) is 0 Å². The van der Waals surface area contributed by atoms with Gasteiger partial charge in [-0.3, -0.25) is 9.80 Å². The Kier molecular flexibility index (Phi) is 5.17. The van der Waals surface area contributed by atoms with E-state index in [1.165, 1.54) is 0 Å². The number of benzene rings is 1. The summed E-state index contributed by atoms with van der Waals surface area (Å²) in [5.41, 5.74) is 1.11. The third kappa shape index (κ3) is 4.79. The number of hydrogen-bond acceptors (Lipinski definition) is 3. The molecule has 1 fully saturated rings. The molecule has 0 saturated carbocycles. The SMILES string of the molecule is CN(C)N(C(=O)Cc1ccccc1)C1CC(C)(C)NC(C)(C)C1. The van der Waals surface area contributed by atoms with E-state index in [-0.39, 0.29) is 23.0 Å². The van der Waals surface area contributed by atoms with E-state index >= 15 is 0 Å². The van der Waals surface area contributed by atoms with Crippen molar-refractivity contribution in [1.82, 2.24) is 15.3 Å². The standard InChI is InChI=1S/C19H31N3O/c1-18(2)13-16(14-19(3,4)20-18)22(21(5)6)17(23)12-15-10-8-7-9-11-15/h7-11,16,20H,12-14H2,1-6H3. The third-order valence-electron chi connectivity index (χ3n) is 4.40. The molecule has 0 aromatic heterocycles. The van der Waals surface area contributed by atoms with Gasteiger partial charge in [-0.05, 0) is 46.1 Å². The fourth-order valence-corrected chi connectivity index (χ4v) is 4.05. The van der Waals surface area contributed by atoms with Crippen LogP contribution < -0.4 is 5.32 Å². The average Bonchev–Trinajstić information content (AvgIpc) is 2.35. The van der Waals surface area contributed by atoms with Crippen LogP contribution in [0.3, 0.4) is 0 Å². The van der Waals surface area contributed by atoms with Crippen molar-refractivity contribution in [2.24, 2.45) is 0 Å². The van der Waals surface area contributed by atoms with Crippen molar-refractivity contribution in [2.75, 3.05) is 14.1 Å². The molecule has 1 aliphatic rings. The number of piperidine rings is 1. The maximum atomic E-state index is 12.9. The zero-order valence-electron chi connectivity index (χ0n) is 15.4. The first-order valence-electron chi connectivity index (χ1n) is 8.42. The molecular weight excluding hydrogens is 286 g/mol. The average molecular weight is 317 g/mol. The van der Waals surface area contributed by atoms with Crippen molar-refractivity contribution in [3.63, 3.8) is 0 Å². The van der Waals surface area contributed by atoms with Crippen molar-refractivity contribution in [1.29, 1.82) is 0 Å². The minimum atomic E-state index is 0.0215. The zero-order valence-corrected chi connectivity index (χ0v) is 15.4. The lowest BCUT2D eigenvalue weighted by Crippen LogP contribution is -2.64. The molecule has 2 rings (SSSR count).